The zero-order valence-corrected chi connectivity index (χ0v) is 19.5. The van der Waals surface area contributed by atoms with E-state index in [0.29, 0.717) is 16.9 Å². The van der Waals surface area contributed by atoms with Crippen LogP contribution in [0.25, 0.3) is 11.1 Å². The van der Waals surface area contributed by atoms with E-state index in [1.807, 2.05) is 0 Å². The van der Waals surface area contributed by atoms with E-state index in [1.54, 1.807) is 42.5 Å². The van der Waals surface area contributed by atoms with E-state index in [9.17, 15) is 27.1 Å². The summed E-state index contributed by atoms with van der Waals surface area (Å²) in [6.07, 6.45) is 0.475. The van der Waals surface area contributed by atoms with Crippen molar-refractivity contribution in [3.63, 3.8) is 0 Å². The van der Waals surface area contributed by atoms with Gasteiger partial charge in [-0.15, -0.1) is 0 Å². The lowest BCUT2D eigenvalue weighted by Gasteiger charge is -2.31. The third-order valence-electron chi connectivity index (χ3n) is 5.93. The maximum Gasteiger partial charge on any atom is 0.387 e. The van der Waals surface area contributed by atoms with Crippen LogP contribution in [0.5, 0.6) is 11.5 Å². The van der Waals surface area contributed by atoms with Gasteiger partial charge in [0.25, 0.3) is 0 Å². The lowest BCUT2D eigenvalue weighted by atomic mass is 9.96. The first-order valence-electron chi connectivity index (χ1n) is 10.7. The number of carboxylic acids is 1. The predicted octanol–water partition coefficient (Wildman–Crippen LogP) is 4.73. The van der Waals surface area contributed by atoms with Crippen LogP contribution in [0, 0.1) is 0 Å². The van der Waals surface area contributed by atoms with E-state index in [0.717, 1.165) is 4.31 Å². The van der Waals surface area contributed by atoms with Gasteiger partial charge >= 0.3 is 12.6 Å². The Balaban J connectivity index is 1.90. The number of methoxy groups -OCH3 is 1. The summed E-state index contributed by atoms with van der Waals surface area (Å²) in [5.74, 6) is -1.05. The molecule has 0 amide bonds. The number of hydrogen-bond acceptors (Lipinski definition) is 5. The molecular weight excluding hydrogens is 480 g/mol. The van der Waals surface area contributed by atoms with Gasteiger partial charge in [0.1, 0.15) is 18.0 Å². The number of para-hydroxylation sites is 1. The van der Waals surface area contributed by atoms with E-state index in [4.69, 9.17) is 9.47 Å². The van der Waals surface area contributed by atoms with Gasteiger partial charge in [0.15, 0.2) is 0 Å². The van der Waals surface area contributed by atoms with Crippen LogP contribution in [0.3, 0.4) is 0 Å². The average molecular weight is 504 g/mol. The van der Waals surface area contributed by atoms with Gasteiger partial charge < -0.3 is 14.6 Å². The van der Waals surface area contributed by atoms with Crippen molar-refractivity contribution in [3.8, 4) is 22.6 Å². The Morgan fingerprint density at radius 2 is 1.69 bits per heavy atom. The molecule has 1 aliphatic rings. The van der Waals surface area contributed by atoms with Gasteiger partial charge in [0.05, 0.1) is 17.5 Å². The first-order chi connectivity index (χ1) is 16.7. The topological polar surface area (TPSA) is 93.1 Å². The fourth-order valence-corrected chi connectivity index (χ4v) is 6.00. The first kappa shape index (κ1) is 24.6. The average Bonchev–Trinajstić information content (AvgIpc) is 3.64. The molecule has 0 heterocycles. The normalized spacial score (nSPS) is 14.7. The third-order valence-corrected chi connectivity index (χ3v) is 7.85. The van der Waals surface area contributed by atoms with Crippen LogP contribution >= 0.6 is 0 Å². The third kappa shape index (κ3) is 4.85. The minimum atomic E-state index is -4.29. The Bertz CT molecular complexity index is 1330. The van der Waals surface area contributed by atoms with Gasteiger partial charge in [-0.3, -0.25) is 4.79 Å². The molecule has 1 N–H and O–H groups in total. The number of nitrogens with zero attached hydrogens (tertiary/aromatic N) is 1. The van der Waals surface area contributed by atoms with Crippen LogP contribution in [0.4, 0.5) is 8.78 Å². The van der Waals surface area contributed by atoms with Crippen LogP contribution in [-0.4, -0.2) is 44.1 Å². The summed E-state index contributed by atoms with van der Waals surface area (Å²) in [5, 5.41) is 9.57. The summed E-state index contributed by atoms with van der Waals surface area (Å²) in [5.41, 5.74) is 0.0426. The SMILES string of the molecule is COc1ccccc1-c1ccc(OC(F)F)c(C2(N(CC(=O)O)S(=O)(=O)c3ccccc3)CC2)c1. The fraction of sp³-hybridized carbons (Fsp3) is 0.240. The number of aliphatic carboxylic acids is 1. The largest absolute Gasteiger partial charge is 0.496 e. The van der Waals surface area contributed by atoms with Crippen LogP contribution in [0.1, 0.15) is 18.4 Å². The molecule has 1 saturated carbocycles. The lowest BCUT2D eigenvalue weighted by Crippen LogP contribution is -2.43. The van der Waals surface area contributed by atoms with E-state index in [1.165, 1.54) is 37.4 Å². The first-order valence-corrected chi connectivity index (χ1v) is 12.2. The molecule has 7 nitrogen and oxygen atoms in total. The molecule has 10 heteroatoms. The summed E-state index contributed by atoms with van der Waals surface area (Å²) < 4.78 is 64.8. The molecule has 35 heavy (non-hydrogen) atoms. The standard InChI is InChI=1S/C25H23F2NO6S/c1-33-21-10-6-5-9-19(21)17-11-12-22(34-24(26)27)20(15-17)25(13-14-25)28(16-23(29)30)35(31,32)18-7-3-2-4-8-18/h2-12,15,24H,13-14,16H2,1H3,(H,29,30). The molecule has 0 spiro atoms. The molecule has 184 valence electrons. The number of sulfonamides is 1. The van der Waals surface area contributed by atoms with Crippen molar-refractivity contribution < 1.29 is 36.6 Å². The van der Waals surface area contributed by atoms with Gasteiger partial charge in [-0.2, -0.15) is 13.1 Å². The summed E-state index contributed by atoms with van der Waals surface area (Å²) in [7, 11) is -2.79. The molecular formula is C25H23F2NO6S. The van der Waals surface area contributed by atoms with Crippen LogP contribution in [0.15, 0.2) is 77.7 Å². The number of ether oxygens (including phenoxy) is 2. The predicted molar refractivity (Wildman–Crippen MR) is 124 cm³/mol. The molecule has 3 aromatic carbocycles. The molecule has 1 aliphatic carbocycles. The van der Waals surface area contributed by atoms with Crippen molar-refractivity contribution >= 4 is 16.0 Å². The fourth-order valence-electron chi connectivity index (χ4n) is 4.22. The highest BCUT2D eigenvalue weighted by atomic mass is 32.2. The van der Waals surface area contributed by atoms with Crippen molar-refractivity contribution in [3.05, 3.63) is 78.4 Å². The van der Waals surface area contributed by atoms with Crippen LogP contribution in [-0.2, 0) is 20.4 Å². The number of benzene rings is 3. The van der Waals surface area contributed by atoms with E-state index < -0.39 is 34.7 Å². The molecule has 0 aromatic heterocycles. The van der Waals surface area contributed by atoms with Gasteiger partial charge in [-0.05, 0) is 48.7 Å². The molecule has 3 aromatic rings. The monoisotopic (exact) mass is 503 g/mol. The van der Waals surface area contributed by atoms with Crippen molar-refractivity contribution in [1.82, 2.24) is 4.31 Å². The van der Waals surface area contributed by atoms with Gasteiger partial charge in [-0.25, -0.2) is 8.42 Å². The van der Waals surface area contributed by atoms with E-state index >= 15 is 0 Å². The summed E-state index contributed by atoms with van der Waals surface area (Å²) in [6.45, 7) is -4.00. The minimum Gasteiger partial charge on any atom is -0.496 e. The second-order valence-corrected chi connectivity index (χ2v) is 9.90. The van der Waals surface area contributed by atoms with Gasteiger partial charge in [0.2, 0.25) is 10.0 Å². The van der Waals surface area contributed by atoms with Gasteiger partial charge in [0, 0.05) is 11.1 Å². The number of alkyl halides is 2. The van der Waals surface area contributed by atoms with E-state index in [-0.39, 0.29) is 29.1 Å². The smallest absolute Gasteiger partial charge is 0.387 e. The number of rotatable bonds is 10. The number of carboxylic acid groups (broad SMARTS) is 1. The van der Waals surface area contributed by atoms with Crippen molar-refractivity contribution in [1.29, 1.82) is 0 Å². The summed E-state index contributed by atoms with van der Waals surface area (Å²) >= 11 is 0. The van der Waals surface area contributed by atoms with E-state index in [2.05, 4.69) is 0 Å². The second-order valence-electron chi connectivity index (χ2n) is 8.04. The highest BCUT2D eigenvalue weighted by Gasteiger charge is 2.56. The minimum absolute atomic E-state index is 0.0928. The number of carbonyl (C=O) groups is 1. The van der Waals surface area contributed by atoms with Crippen molar-refractivity contribution in [2.24, 2.45) is 0 Å². The summed E-state index contributed by atoms with van der Waals surface area (Å²) in [4.78, 5) is 11.7. The molecule has 0 saturated heterocycles. The van der Waals surface area contributed by atoms with Crippen LogP contribution in [0.2, 0.25) is 0 Å². The molecule has 0 unspecified atom stereocenters. The quantitative estimate of drug-likeness (QED) is 0.430. The van der Waals surface area contributed by atoms with Crippen LogP contribution < -0.4 is 9.47 Å². The maximum atomic E-state index is 13.6. The summed E-state index contributed by atoms with van der Waals surface area (Å²) in [6, 6.07) is 19.0. The lowest BCUT2D eigenvalue weighted by molar-refractivity contribution is -0.137. The Hall–Kier alpha value is -3.50. The van der Waals surface area contributed by atoms with Crippen molar-refractivity contribution in [2.45, 2.75) is 29.9 Å². The van der Waals surface area contributed by atoms with Crippen molar-refractivity contribution in [2.75, 3.05) is 13.7 Å². The molecule has 0 radical (unpaired) electrons. The Kier molecular flexibility index (Phi) is 6.77. The molecule has 4 rings (SSSR count). The highest BCUT2D eigenvalue weighted by Crippen LogP contribution is 2.56. The zero-order valence-electron chi connectivity index (χ0n) is 18.7. The molecule has 1 fully saturated rings. The maximum absolute atomic E-state index is 13.6. The Morgan fingerprint density at radius 3 is 2.29 bits per heavy atom. The Labute approximate surface area is 201 Å². The zero-order chi connectivity index (χ0) is 25.2. The highest BCUT2D eigenvalue weighted by molar-refractivity contribution is 7.89. The number of halogens is 2. The molecule has 0 aliphatic heterocycles. The van der Waals surface area contributed by atoms with Gasteiger partial charge in [-0.1, -0.05) is 42.5 Å². The Morgan fingerprint density at radius 1 is 1.03 bits per heavy atom. The number of hydrogen-bond donors (Lipinski definition) is 1. The second kappa shape index (κ2) is 9.63. The molecule has 0 bridgehead atoms. The molecule has 0 atom stereocenters.